The number of rotatable bonds is 4. The molecular formula is C8H9ClF3NS. The lowest BCUT2D eigenvalue weighted by Gasteiger charge is -2.06. The number of hydrogen-bond acceptors (Lipinski definition) is 2. The van der Waals surface area contributed by atoms with Crippen molar-refractivity contribution < 1.29 is 13.2 Å². The summed E-state index contributed by atoms with van der Waals surface area (Å²) in [5, 5.41) is 2.70. The van der Waals surface area contributed by atoms with E-state index < -0.39 is 12.6 Å². The summed E-state index contributed by atoms with van der Waals surface area (Å²) in [6.45, 7) is 0.381. The van der Waals surface area contributed by atoms with Crippen molar-refractivity contribution in [3.05, 3.63) is 21.3 Å². The highest BCUT2D eigenvalue weighted by Crippen LogP contribution is 2.21. The molecule has 0 aliphatic heterocycles. The van der Waals surface area contributed by atoms with Crippen LogP contribution in [0.3, 0.4) is 0 Å². The van der Waals surface area contributed by atoms with E-state index >= 15 is 0 Å². The number of hydrogen-bond donors (Lipinski definition) is 1. The van der Waals surface area contributed by atoms with Crippen molar-refractivity contribution in [3.63, 3.8) is 0 Å². The zero-order valence-electron chi connectivity index (χ0n) is 7.20. The van der Waals surface area contributed by atoms with Crippen molar-refractivity contribution >= 4 is 22.9 Å². The van der Waals surface area contributed by atoms with Crippen molar-refractivity contribution in [2.75, 3.05) is 6.54 Å². The van der Waals surface area contributed by atoms with Crippen LogP contribution in [0.2, 0.25) is 4.34 Å². The molecule has 0 aromatic carbocycles. The molecule has 0 unspecified atom stereocenters. The fourth-order valence-corrected chi connectivity index (χ4v) is 1.95. The van der Waals surface area contributed by atoms with Gasteiger partial charge in [0.1, 0.15) is 0 Å². The van der Waals surface area contributed by atoms with Gasteiger partial charge in [-0.3, -0.25) is 0 Å². The molecule has 0 fully saturated rings. The number of thiophene rings is 1. The molecule has 1 heterocycles. The van der Waals surface area contributed by atoms with E-state index in [0.29, 0.717) is 10.9 Å². The maximum atomic E-state index is 11.7. The van der Waals surface area contributed by atoms with Gasteiger partial charge in [-0.05, 0) is 12.1 Å². The Labute approximate surface area is 88.9 Å². The Kier molecular flexibility index (Phi) is 4.22. The summed E-state index contributed by atoms with van der Waals surface area (Å²) in [4.78, 5) is 0.942. The average Bonchev–Trinajstić information content (AvgIpc) is 2.44. The van der Waals surface area contributed by atoms with Crippen LogP contribution < -0.4 is 5.32 Å². The van der Waals surface area contributed by atoms with Gasteiger partial charge in [-0.15, -0.1) is 11.3 Å². The van der Waals surface area contributed by atoms with E-state index in [2.05, 4.69) is 5.32 Å². The van der Waals surface area contributed by atoms with Crippen LogP contribution in [0.1, 0.15) is 11.3 Å². The van der Waals surface area contributed by atoms with Crippen LogP contribution in [0.15, 0.2) is 12.1 Å². The molecule has 1 nitrogen and oxygen atoms in total. The first-order valence-electron chi connectivity index (χ1n) is 3.99. The topological polar surface area (TPSA) is 12.0 Å². The van der Waals surface area contributed by atoms with E-state index in [0.717, 1.165) is 4.88 Å². The van der Waals surface area contributed by atoms with Gasteiger partial charge in [-0.1, -0.05) is 11.6 Å². The van der Waals surface area contributed by atoms with E-state index in [9.17, 15) is 13.2 Å². The van der Waals surface area contributed by atoms with Crippen LogP contribution in [0, 0.1) is 0 Å². The molecular weight excluding hydrogens is 235 g/mol. The molecule has 0 amide bonds. The second-order valence-corrected chi connectivity index (χ2v) is 4.55. The highest BCUT2D eigenvalue weighted by atomic mass is 35.5. The lowest BCUT2D eigenvalue weighted by molar-refractivity contribution is -0.133. The zero-order valence-corrected chi connectivity index (χ0v) is 8.77. The lowest BCUT2D eigenvalue weighted by Crippen LogP contribution is -2.20. The van der Waals surface area contributed by atoms with E-state index in [1.807, 2.05) is 0 Å². The van der Waals surface area contributed by atoms with Gasteiger partial charge in [0, 0.05) is 18.0 Å². The fourth-order valence-electron chi connectivity index (χ4n) is 0.888. The fraction of sp³-hybridized carbons (Fsp3) is 0.500. The molecule has 0 bridgehead atoms. The van der Waals surface area contributed by atoms with Gasteiger partial charge in [0.2, 0.25) is 0 Å². The summed E-state index contributed by atoms with van der Waals surface area (Å²) in [5.41, 5.74) is 0. The van der Waals surface area contributed by atoms with Gasteiger partial charge in [0.25, 0.3) is 0 Å². The predicted octanol–water partition coefficient (Wildman–Crippen LogP) is 3.44. The molecule has 80 valence electrons. The first-order chi connectivity index (χ1) is 6.47. The summed E-state index contributed by atoms with van der Waals surface area (Å²) in [7, 11) is 0. The molecule has 0 atom stereocenters. The number of alkyl halides is 3. The summed E-state index contributed by atoms with van der Waals surface area (Å²) in [5.74, 6) is 0. The van der Waals surface area contributed by atoms with Crippen molar-refractivity contribution in [3.8, 4) is 0 Å². The van der Waals surface area contributed by atoms with Gasteiger partial charge in [0.15, 0.2) is 0 Å². The van der Waals surface area contributed by atoms with Gasteiger partial charge in [0.05, 0.1) is 10.8 Å². The van der Waals surface area contributed by atoms with Crippen molar-refractivity contribution in [2.24, 2.45) is 0 Å². The van der Waals surface area contributed by atoms with Crippen LogP contribution in [-0.4, -0.2) is 12.7 Å². The lowest BCUT2D eigenvalue weighted by atomic mass is 10.4. The van der Waals surface area contributed by atoms with Gasteiger partial charge in [-0.2, -0.15) is 13.2 Å². The largest absolute Gasteiger partial charge is 0.390 e. The molecule has 1 rings (SSSR count). The first kappa shape index (κ1) is 11.8. The third-order valence-corrected chi connectivity index (χ3v) is 2.74. The normalized spacial score (nSPS) is 12.0. The maximum absolute atomic E-state index is 11.7. The Balaban J connectivity index is 2.16. The summed E-state index contributed by atoms with van der Waals surface area (Å²) in [6.07, 6.45) is -4.88. The Morgan fingerprint density at radius 1 is 1.36 bits per heavy atom. The molecule has 0 saturated heterocycles. The number of halogens is 4. The van der Waals surface area contributed by atoms with Gasteiger partial charge < -0.3 is 5.32 Å². The van der Waals surface area contributed by atoms with E-state index in [1.54, 1.807) is 12.1 Å². The van der Waals surface area contributed by atoms with Crippen molar-refractivity contribution in [1.82, 2.24) is 5.32 Å². The number of nitrogens with one attached hydrogen (secondary N) is 1. The van der Waals surface area contributed by atoms with Crippen LogP contribution >= 0.6 is 22.9 Å². The van der Waals surface area contributed by atoms with Gasteiger partial charge in [-0.25, -0.2) is 0 Å². The summed E-state index contributed by atoms with van der Waals surface area (Å²) in [6, 6.07) is 3.53. The van der Waals surface area contributed by atoms with E-state index in [-0.39, 0.29) is 6.54 Å². The molecule has 14 heavy (non-hydrogen) atoms. The predicted molar refractivity (Wildman–Crippen MR) is 51.7 cm³/mol. The highest BCUT2D eigenvalue weighted by molar-refractivity contribution is 7.16. The molecule has 1 aromatic heterocycles. The minimum atomic E-state index is -4.08. The first-order valence-corrected chi connectivity index (χ1v) is 5.18. The molecule has 1 N–H and O–H groups in total. The Bertz CT molecular complexity index is 284. The molecule has 6 heteroatoms. The molecule has 0 spiro atoms. The second kappa shape index (κ2) is 5.00. The highest BCUT2D eigenvalue weighted by Gasteiger charge is 2.25. The van der Waals surface area contributed by atoms with Crippen LogP contribution in [0.5, 0.6) is 0 Å². The van der Waals surface area contributed by atoms with E-state index in [4.69, 9.17) is 11.6 Å². The van der Waals surface area contributed by atoms with Crippen LogP contribution in [0.25, 0.3) is 0 Å². The second-order valence-electron chi connectivity index (χ2n) is 2.75. The Morgan fingerprint density at radius 3 is 2.57 bits per heavy atom. The van der Waals surface area contributed by atoms with Crippen LogP contribution in [0.4, 0.5) is 13.2 Å². The minimum Gasteiger partial charge on any atom is -0.312 e. The molecule has 0 saturated carbocycles. The molecule has 1 aromatic rings. The maximum Gasteiger partial charge on any atom is 0.390 e. The smallest absolute Gasteiger partial charge is 0.312 e. The third-order valence-electron chi connectivity index (χ3n) is 1.51. The average molecular weight is 244 g/mol. The summed E-state index contributed by atoms with van der Waals surface area (Å²) >= 11 is 7.02. The van der Waals surface area contributed by atoms with Gasteiger partial charge >= 0.3 is 6.18 Å². The van der Waals surface area contributed by atoms with E-state index in [1.165, 1.54) is 11.3 Å². The SMILES string of the molecule is FC(F)(F)CCNCc1ccc(Cl)s1. The van der Waals surface area contributed by atoms with Crippen molar-refractivity contribution in [2.45, 2.75) is 19.1 Å². The monoisotopic (exact) mass is 243 g/mol. The molecule has 0 aliphatic carbocycles. The molecule has 0 aliphatic rings. The Hall–Kier alpha value is -0.260. The van der Waals surface area contributed by atoms with Crippen LogP contribution in [-0.2, 0) is 6.54 Å². The summed E-state index contributed by atoms with van der Waals surface area (Å²) < 4.78 is 35.8. The van der Waals surface area contributed by atoms with Crippen molar-refractivity contribution in [1.29, 1.82) is 0 Å². The Morgan fingerprint density at radius 2 is 2.07 bits per heavy atom. The minimum absolute atomic E-state index is 0.0565. The quantitative estimate of drug-likeness (QED) is 0.799. The third kappa shape index (κ3) is 4.83. The zero-order chi connectivity index (χ0) is 10.6. The molecule has 0 radical (unpaired) electrons. The standard InChI is InChI=1S/C8H9ClF3NS/c9-7-2-1-6(14-7)5-13-4-3-8(10,11)12/h1-2,13H,3-5H2.